The van der Waals surface area contributed by atoms with Crippen LogP contribution in [0.5, 0.6) is 0 Å². The van der Waals surface area contributed by atoms with E-state index in [1.165, 1.54) is 16.0 Å². The normalized spacial score (nSPS) is 18.0. The molecule has 2 aliphatic heterocycles. The number of rotatable bonds is 6. The summed E-state index contributed by atoms with van der Waals surface area (Å²) >= 11 is 1.53. The molecule has 0 N–H and O–H groups in total. The second-order valence-corrected chi connectivity index (χ2v) is 13.9. The first-order chi connectivity index (χ1) is 23.6. The molecule has 0 saturated carbocycles. The molecule has 5 heterocycles. The van der Waals surface area contributed by atoms with E-state index in [9.17, 15) is 9.59 Å². The third-order valence-electron chi connectivity index (χ3n) is 8.28. The number of fused-ring (bicyclic) bond motifs is 1. The van der Waals surface area contributed by atoms with Crippen molar-refractivity contribution in [3.63, 3.8) is 0 Å². The van der Waals surface area contributed by atoms with Crippen molar-refractivity contribution in [2.75, 3.05) is 31.1 Å². The number of thiazole rings is 1. The molecule has 12 heteroatoms. The molecule has 0 radical (unpaired) electrons. The van der Waals surface area contributed by atoms with Gasteiger partial charge in [-0.1, -0.05) is 30.3 Å². The number of piperazine rings is 1. The summed E-state index contributed by atoms with van der Waals surface area (Å²) in [5.74, 6) is 1.24. The number of aromatic nitrogens is 5. The molecule has 1 saturated heterocycles. The van der Waals surface area contributed by atoms with Crippen LogP contribution in [0.3, 0.4) is 0 Å². The average molecular weight is 673 g/mol. The fourth-order valence-electron chi connectivity index (χ4n) is 5.92. The van der Waals surface area contributed by atoms with E-state index in [2.05, 4.69) is 15.0 Å². The van der Waals surface area contributed by atoms with Crippen LogP contribution in [-0.2, 0) is 10.3 Å². The van der Waals surface area contributed by atoms with Crippen molar-refractivity contribution in [3.05, 3.63) is 118 Å². The van der Waals surface area contributed by atoms with Gasteiger partial charge in [-0.3, -0.25) is 9.79 Å². The second kappa shape index (κ2) is 12.8. The van der Waals surface area contributed by atoms with E-state index in [-0.39, 0.29) is 12.0 Å². The molecule has 2 aromatic carbocycles. The van der Waals surface area contributed by atoms with Crippen LogP contribution in [-0.4, -0.2) is 79.1 Å². The summed E-state index contributed by atoms with van der Waals surface area (Å²) in [5, 5.41) is 7.98. The van der Waals surface area contributed by atoms with Crippen LogP contribution in [0, 0.1) is 6.92 Å². The lowest BCUT2D eigenvalue weighted by atomic mass is 9.97. The van der Waals surface area contributed by atoms with Crippen LogP contribution < -0.4 is 4.90 Å². The predicted octanol–water partition coefficient (Wildman–Crippen LogP) is 6.30. The van der Waals surface area contributed by atoms with E-state index in [1.807, 2.05) is 99.8 Å². The summed E-state index contributed by atoms with van der Waals surface area (Å²) in [4.78, 5) is 49.1. The molecule has 11 nitrogen and oxygen atoms in total. The average Bonchev–Trinajstić information content (AvgIpc) is 3.87. The topological polar surface area (TPSA) is 119 Å². The first kappa shape index (κ1) is 32.1. The maximum absolute atomic E-state index is 13.0. The van der Waals surface area contributed by atoms with Crippen LogP contribution in [0.15, 0.2) is 95.6 Å². The number of ether oxygens (including phenoxy) is 1. The number of carbonyl (C=O) groups excluding carboxylic acids is 2. The Morgan fingerprint density at radius 2 is 1.78 bits per heavy atom. The summed E-state index contributed by atoms with van der Waals surface area (Å²) in [6, 6.07) is 17.0. The number of aryl methyl sites for hydroxylation is 1. The van der Waals surface area contributed by atoms with E-state index < -0.39 is 11.1 Å². The molecule has 2 aliphatic rings. The van der Waals surface area contributed by atoms with Crippen molar-refractivity contribution in [2.45, 2.75) is 38.8 Å². The standard InChI is InChI=1S/C37H36N8O3S/c1-25-40-31(23-32(41-25)43-17-19-44(20-18-43)35(47)48-36(2,3)4)37(34-38-16-21-49-34)15-14-29(42-37)12-10-26-11-13-30-28(22-26)24-39-45(30)33(46)27-8-6-5-7-9-27/h5-16,21-24H,17-20H2,1-4H3. The lowest BCUT2D eigenvalue weighted by Gasteiger charge is -2.36. The van der Waals surface area contributed by atoms with Crippen LogP contribution >= 0.6 is 11.3 Å². The smallest absolute Gasteiger partial charge is 0.410 e. The van der Waals surface area contributed by atoms with Gasteiger partial charge in [0.1, 0.15) is 22.3 Å². The van der Waals surface area contributed by atoms with Crippen LogP contribution in [0.2, 0.25) is 0 Å². The van der Waals surface area contributed by atoms with Crippen molar-refractivity contribution in [2.24, 2.45) is 4.99 Å². The number of allylic oxidation sites excluding steroid dienone is 2. The molecular formula is C37H36N8O3S. The minimum atomic E-state index is -0.905. The summed E-state index contributed by atoms with van der Waals surface area (Å²) in [5.41, 5.74) is 2.34. The van der Waals surface area contributed by atoms with Crippen molar-refractivity contribution in [3.8, 4) is 0 Å². The van der Waals surface area contributed by atoms with E-state index >= 15 is 0 Å². The fourth-order valence-corrected chi connectivity index (χ4v) is 6.69. The SMILES string of the molecule is Cc1nc(N2CCN(C(=O)OC(C)(C)C)CC2)cc(C2(c3nccs3)C=CC(C=Cc3ccc4c(cnn4C(=O)c4ccccc4)c3)=N2)n1. The number of hydrogen-bond acceptors (Lipinski definition) is 10. The van der Waals surface area contributed by atoms with Gasteiger partial charge in [-0.2, -0.15) is 9.78 Å². The van der Waals surface area contributed by atoms with E-state index in [4.69, 9.17) is 19.7 Å². The van der Waals surface area contributed by atoms with Gasteiger partial charge in [-0.25, -0.2) is 19.7 Å². The molecule has 49 heavy (non-hydrogen) atoms. The van der Waals surface area contributed by atoms with E-state index in [0.717, 1.165) is 38.7 Å². The van der Waals surface area contributed by atoms with Crippen molar-refractivity contribution in [1.82, 2.24) is 29.6 Å². The minimum absolute atomic E-state index is 0.172. The van der Waals surface area contributed by atoms with Gasteiger partial charge in [0.2, 0.25) is 0 Å². The predicted molar refractivity (Wildman–Crippen MR) is 191 cm³/mol. The zero-order chi connectivity index (χ0) is 34.2. The van der Waals surface area contributed by atoms with Crippen LogP contribution in [0.4, 0.5) is 10.6 Å². The molecule has 248 valence electrons. The van der Waals surface area contributed by atoms with Gasteiger partial charge in [0, 0.05) is 54.8 Å². The molecule has 1 unspecified atom stereocenters. The maximum atomic E-state index is 13.0. The van der Waals surface area contributed by atoms with Crippen molar-refractivity contribution < 1.29 is 14.3 Å². The highest BCUT2D eigenvalue weighted by Gasteiger charge is 2.39. The Balaban J connectivity index is 1.13. The number of benzene rings is 2. The number of hydrogen-bond donors (Lipinski definition) is 0. The third kappa shape index (κ3) is 6.64. The molecule has 0 aliphatic carbocycles. The molecule has 0 bridgehead atoms. The number of anilines is 1. The van der Waals surface area contributed by atoms with Gasteiger partial charge in [-0.15, -0.1) is 11.3 Å². The van der Waals surface area contributed by atoms with E-state index in [1.54, 1.807) is 29.4 Å². The molecule has 5 aromatic rings. The number of nitrogens with zero attached hydrogens (tertiary/aromatic N) is 8. The Hall–Kier alpha value is -5.49. The summed E-state index contributed by atoms with van der Waals surface area (Å²) in [6.45, 7) is 9.82. The lowest BCUT2D eigenvalue weighted by molar-refractivity contribution is 0.0240. The Morgan fingerprint density at radius 1 is 0.980 bits per heavy atom. The van der Waals surface area contributed by atoms with Gasteiger partial charge in [-0.05, 0) is 75.8 Å². The summed E-state index contributed by atoms with van der Waals surface area (Å²) in [6.07, 6.45) is 11.2. The molecule has 1 fully saturated rings. The molecule has 0 spiro atoms. The Bertz CT molecular complexity index is 2110. The molecule has 7 rings (SSSR count). The summed E-state index contributed by atoms with van der Waals surface area (Å²) in [7, 11) is 0. The zero-order valence-electron chi connectivity index (χ0n) is 27.8. The van der Waals surface area contributed by atoms with Gasteiger partial charge < -0.3 is 14.5 Å². The van der Waals surface area contributed by atoms with Gasteiger partial charge in [0.25, 0.3) is 5.91 Å². The summed E-state index contributed by atoms with van der Waals surface area (Å²) < 4.78 is 7.01. The minimum Gasteiger partial charge on any atom is -0.444 e. The first-order valence-electron chi connectivity index (χ1n) is 16.1. The quantitative estimate of drug-likeness (QED) is 0.206. The Kier molecular flexibility index (Phi) is 8.41. The first-order valence-corrected chi connectivity index (χ1v) is 17.0. The largest absolute Gasteiger partial charge is 0.444 e. The Labute approximate surface area is 288 Å². The number of aliphatic imine (C=N–C) groups is 1. The Morgan fingerprint density at radius 3 is 2.51 bits per heavy atom. The third-order valence-corrected chi connectivity index (χ3v) is 9.18. The van der Waals surface area contributed by atoms with Gasteiger partial charge in [0.15, 0.2) is 5.54 Å². The van der Waals surface area contributed by atoms with Crippen molar-refractivity contribution in [1.29, 1.82) is 0 Å². The molecule has 3 aromatic heterocycles. The zero-order valence-corrected chi connectivity index (χ0v) is 28.6. The van der Waals surface area contributed by atoms with Crippen LogP contribution in [0.1, 0.15) is 53.2 Å². The highest BCUT2D eigenvalue weighted by Crippen LogP contribution is 2.40. The monoisotopic (exact) mass is 672 g/mol. The highest BCUT2D eigenvalue weighted by molar-refractivity contribution is 7.09. The molecule has 1 atom stereocenters. The molecular weight excluding hydrogens is 637 g/mol. The molecule has 1 amide bonds. The van der Waals surface area contributed by atoms with Crippen LogP contribution in [0.25, 0.3) is 17.0 Å². The second-order valence-electron chi connectivity index (χ2n) is 13.0. The maximum Gasteiger partial charge on any atom is 0.410 e. The van der Waals surface area contributed by atoms with Gasteiger partial charge in [0.05, 0.1) is 23.1 Å². The van der Waals surface area contributed by atoms with Crippen molar-refractivity contribution >= 4 is 51.8 Å². The van der Waals surface area contributed by atoms with E-state index in [0.29, 0.717) is 37.6 Å². The number of amides is 1. The highest BCUT2D eigenvalue weighted by atomic mass is 32.1. The van der Waals surface area contributed by atoms with Gasteiger partial charge >= 0.3 is 6.09 Å². The number of carbonyl (C=O) groups is 2. The lowest BCUT2D eigenvalue weighted by Crippen LogP contribution is -2.50. The fraction of sp³-hybridized carbons (Fsp3) is 0.270.